The van der Waals surface area contributed by atoms with E-state index in [1.807, 2.05) is 0 Å². The largest absolute Gasteiger partial charge is 0.429 e. The molecule has 1 aromatic heterocycles. The van der Waals surface area contributed by atoms with Gasteiger partial charge in [0.1, 0.15) is 0 Å². The van der Waals surface area contributed by atoms with Gasteiger partial charge in [0.05, 0.1) is 0 Å². The Hall–Kier alpha value is -1.63. The van der Waals surface area contributed by atoms with Crippen molar-refractivity contribution in [1.82, 2.24) is 14.9 Å². The van der Waals surface area contributed by atoms with Gasteiger partial charge in [0.2, 0.25) is 5.56 Å². The van der Waals surface area contributed by atoms with Crippen LogP contribution in [0.2, 0.25) is 0 Å². The van der Waals surface area contributed by atoms with E-state index in [1.165, 1.54) is 24.3 Å². The van der Waals surface area contributed by atoms with Crippen molar-refractivity contribution in [1.29, 1.82) is 0 Å². The Morgan fingerprint density at radius 1 is 1.40 bits per heavy atom. The van der Waals surface area contributed by atoms with Crippen LogP contribution in [-0.4, -0.2) is 38.5 Å². The van der Waals surface area contributed by atoms with Gasteiger partial charge in [0.25, 0.3) is 5.12 Å². The van der Waals surface area contributed by atoms with Crippen molar-refractivity contribution in [3.05, 3.63) is 18.5 Å². The number of ether oxygens (including phenoxy) is 1. The molecular formula is C8H7N3O3S. The smallest absolute Gasteiger partial charge is 0.318 e. The summed E-state index contributed by atoms with van der Waals surface area (Å²) in [6, 6.07) is 1.79. The molecule has 2 heterocycles. The number of amides is 1. The Morgan fingerprint density at radius 3 is 2.60 bits per heavy atom. The van der Waals surface area contributed by atoms with Crippen LogP contribution in [0.1, 0.15) is 0 Å². The highest BCUT2D eigenvalue weighted by Crippen LogP contribution is 2.25. The molecule has 1 fully saturated rings. The van der Waals surface area contributed by atoms with Gasteiger partial charge in [0.15, 0.2) is 0 Å². The summed E-state index contributed by atoms with van der Waals surface area (Å²) >= 11 is 0.812. The van der Waals surface area contributed by atoms with E-state index in [-0.39, 0.29) is 6.01 Å². The van der Waals surface area contributed by atoms with Crippen LogP contribution in [0.5, 0.6) is 6.01 Å². The van der Waals surface area contributed by atoms with E-state index in [1.54, 1.807) is 6.07 Å². The molecule has 1 amide bonds. The molecule has 1 saturated heterocycles. The first-order valence-corrected chi connectivity index (χ1v) is 4.98. The van der Waals surface area contributed by atoms with Crippen molar-refractivity contribution in [3.63, 3.8) is 0 Å². The van der Waals surface area contributed by atoms with Crippen LogP contribution in [0.15, 0.2) is 18.5 Å². The fourth-order valence-electron chi connectivity index (χ4n) is 1.00. The van der Waals surface area contributed by atoms with Crippen LogP contribution in [0.4, 0.5) is 0 Å². The van der Waals surface area contributed by atoms with E-state index in [2.05, 4.69) is 9.97 Å². The molecule has 0 spiro atoms. The maximum absolute atomic E-state index is 11.1. The molecule has 0 bridgehead atoms. The fourth-order valence-corrected chi connectivity index (χ4v) is 1.82. The second-order valence-electron chi connectivity index (χ2n) is 2.78. The highest BCUT2D eigenvalue weighted by molar-refractivity contribution is 8.16. The minimum atomic E-state index is -0.674. The lowest BCUT2D eigenvalue weighted by Gasteiger charge is -2.16. The van der Waals surface area contributed by atoms with Gasteiger partial charge in [-0.3, -0.25) is 14.5 Å². The summed E-state index contributed by atoms with van der Waals surface area (Å²) in [5.74, 6) is -0.569. The van der Waals surface area contributed by atoms with Crippen LogP contribution >= 0.6 is 11.8 Å². The summed E-state index contributed by atoms with van der Waals surface area (Å²) < 4.78 is 5.25. The normalized spacial score (nSPS) is 20.9. The number of nitrogens with zero attached hydrogens (tertiary/aromatic N) is 3. The highest BCUT2D eigenvalue weighted by Gasteiger charge is 2.38. The van der Waals surface area contributed by atoms with Crippen LogP contribution in [0, 0.1) is 0 Å². The fraction of sp³-hybridized carbons (Fsp3) is 0.250. The molecule has 1 aliphatic rings. The zero-order valence-corrected chi connectivity index (χ0v) is 8.60. The molecule has 0 N–H and O–H groups in total. The average molecular weight is 225 g/mol. The van der Waals surface area contributed by atoms with Crippen LogP contribution in [0.25, 0.3) is 0 Å². The minimum absolute atomic E-state index is 0.143. The van der Waals surface area contributed by atoms with Gasteiger partial charge >= 0.3 is 11.9 Å². The maximum Gasteiger partial charge on any atom is 0.318 e. The summed E-state index contributed by atoms with van der Waals surface area (Å²) in [7, 11) is 1.49. The van der Waals surface area contributed by atoms with Crippen molar-refractivity contribution < 1.29 is 14.3 Å². The molecule has 2 rings (SSSR count). The van der Waals surface area contributed by atoms with E-state index < -0.39 is 16.6 Å². The molecule has 6 nitrogen and oxygen atoms in total. The van der Waals surface area contributed by atoms with Gasteiger partial charge in [-0.1, -0.05) is 0 Å². The van der Waals surface area contributed by atoms with Gasteiger partial charge in [-0.05, 0) is 17.8 Å². The van der Waals surface area contributed by atoms with Crippen LogP contribution < -0.4 is 4.74 Å². The SMILES string of the molecule is CN1C(=O)C(=O)SC1Oc1ncccn1. The zero-order valence-electron chi connectivity index (χ0n) is 7.78. The van der Waals surface area contributed by atoms with E-state index in [9.17, 15) is 9.59 Å². The number of carbonyl (C=O) groups excluding carboxylic acids is 2. The van der Waals surface area contributed by atoms with E-state index in [0.717, 1.165) is 11.8 Å². The first-order valence-electron chi connectivity index (χ1n) is 4.10. The molecule has 15 heavy (non-hydrogen) atoms. The lowest BCUT2D eigenvalue weighted by Crippen LogP contribution is -2.33. The van der Waals surface area contributed by atoms with E-state index in [0.29, 0.717) is 0 Å². The van der Waals surface area contributed by atoms with Crippen molar-refractivity contribution in [3.8, 4) is 6.01 Å². The molecule has 0 aromatic carbocycles. The molecule has 7 heteroatoms. The van der Waals surface area contributed by atoms with Gasteiger partial charge in [-0.15, -0.1) is 0 Å². The summed E-state index contributed by atoms with van der Waals surface area (Å²) in [5.41, 5.74) is -0.674. The lowest BCUT2D eigenvalue weighted by atomic mass is 10.6. The molecular weight excluding hydrogens is 218 g/mol. The predicted molar refractivity (Wildman–Crippen MR) is 51.8 cm³/mol. The van der Waals surface area contributed by atoms with E-state index in [4.69, 9.17) is 4.74 Å². The number of carbonyl (C=O) groups is 2. The Bertz CT molecular complexity index is 397. The molecule has 1 aromatic rings. The molecule has 1 unspecified atom stereocenters. The van der Waals surface area contributed by atoms with Crippen LogP contribution in [-0.2, 0) is 9.59 Å². The maximum atomic E-state index is 11.1. The molecule has 0 aliphatic carbocycles. The molecule has 78 valence electrons. The van der Waals surface area contributed by atoms with Crippen LogP contribution in [0.3, 0.4) is 0 Å². The van der Waals surface area contributed by atoms with Crippen molar-refractivity contribution in [2.75, 3.05) is 7.05 Å². The number of aromatic nitrogens is 2. The van der Waals surface area contributed by atoms with Crippen molar-refractivity contribution in [2.45, 2.75) is 5.56 Å². The molecule has 0 saturated carbocycles. The number of hydrogen-bond donors (Lipinski definition) is 0. The second-order valence-corrected chi connectivity index (χ2v) is 3.79. The number of thioether (sulfide) groups is 1. The second kappa shape index (κ2) is 3.85. The van der Waals surface area contributed by atoms with Crippen molar-refractivity contribution in [2.24, 2.45) is 0 Å². The third-order valence-electron chi connectivity index (χ3n) is 1.77. The van der Waals surface area contributed by atoms with Gasteiger partial charge in [0, 0.05) is 19.4 Å². The third-order valence-corrected chi connectivity index (χ3v) is 2.77. The van der Waals surface area contributed by atoms with Gasteiger partial charge in [-0.2, -0.15) is 0 Å². The first-order chi connectivity index (χ1) is 7.18. The molecule has 1 atom stereocenters. The summed E-state index contributed by atoms with van der Waals surface area (Å²) in [4.78, 5) is 31.0. The standard InChI is InChI=1S/C8H7N3O3S/c1-11-5(12)6(13)15-8(11)14-7-9-3-2-4-10-7/h2-4,8H,1H3. The summed E-state index contributed by atoms with van der Waals surface area (Å²) in [5, 5.41) is -0.529. The Balaban J connectivity index is 2.08. The Labute approximate surface area is 89.6 Å². The van der Waals surface area contributed by atoms with E-state index >= 15 is 0 Å². The monoisotopic (exact) mass is 225 g/mol. The predicted octanol–water partition coefficient (Wildman–Crippen LogP) is -0.129. The Morgan fingerprint density at radius 2 is 2.07 bits per heavy atom. The average Bonchev–Trinajstić information content (AvgIpc) is 2.48. The summed E-state index contributed by atoms with van der Waals surface area (Å²) in [6.45, 7) is 0. The number of hydrogen-bond acceptors (Lipinski definition) is 6. The molecule has 0 radical (unpaired) electrons. The Kier molecular flexibility index (Phi) is 2.55. The zero-order chi connectivity index (χ0) is 10.8. The summed E-state index contributed by atoms with van der Waals surface area (Å²) in [6.07, 6.45) is 3.04. The van der Waals surface area contributed by atoms with Gasteiger partial charge in [-0.25, -0.2) is 9.97 Å². The first kappa shape index (κ1) is 9.91. The van der Waals surface area contributed by atoms with Gasteiger partial charge < -0.3 is 4.74 Å². The minimum Gasteiger partial charge on any atom is -0.429 e. The lowest BCUT2D eigenvalue weighted by molar-refractivity contribution is -0.140. The number of rotatable bonds is 2. The highest BCUT2D eigenvalue weighted by atomic mass is 32.2. The number of likely N-dealkylation sites (N-methyl/N-ethyl adjacent to an activating group) is 1. The topological polar surface area (TPSA) is 72.4 Å². The molecule has 1 aliphatic heterocycles. The third kappa shape index (κ3) is 1.91. The van der Waals surface area contributed by atoms with Crippen molar-refractivity contribution >= 4 is 22.8 Å². The quantitative estimate of drug-likeness (QED) is 0.653.